The van der Waals surface area contributed by atoms with Crippen molar-refractivity contribution in [3.63, 3.8) is 0 Å². The molecule has 2 atom stereocenters. The molecule has 0 aromatic carbocycles. The van der Waals surface area contributed by atoms with Crippen molar-refractivity contribution < 1.29 is 15.0 Å². The largest absolute Gasteiger partial charge is 0.394 e. The van der Waals surface area contributed by atoms with Gasteiger partial charge in [0.15, 0.2) is 0 Å². The first-order valence-corrected chi connectivity index (χ1v) is 29.5. The number of rotatable bonds is 55. The molecule has 0 aliphatic carbocycles. The fraction of sp³-hybridized carbons (Fsp3) is 0.917. The molecule has 1 amide bonds. The third kappa shape index (κ3) is 51.8. The summed E-state index contributed by atoms with van der Waals surface area (Å²) in [6.07, 6.45) is 74.7. The summed E-state index contributed by atoms with van der Waals surface area (Å²) in [6, 6.07) is -0.539. The van der Waals surface area contributed by atoms with Crippen molar-refractivity contribution in [2.75, 3.05) is 6.61 Å². The summed E-state index contributed by atoms with van der Waals surface area (Å²) in [5.74, 6) is -0.0307. The van der Waals surface area contributed by atoms with Crippen LogP contribution in [-0.4, -0.2) is 34.9 Å². The number of unbranched alkanes of at least 4 members (excludes halogenated alkanes) is 44. The zero-order chi connectivity index (χ0) is 46.3. The predicted octanol–water partition coefficient (Wildman–Crippen LogP) is 19.5. The minimum atomic E-state index is -0.662. The number of hydrogen-bond acceptors (Lipinski definition) is 3. The number of aliphatic hydroxyl groups excluding tert-OH is 2. The van der Waals surface area contributed by atoms with Crippen molar-refractivity contribution in [2.24, 2.45) is 0 Å². The summed E-state index contributed by atoms with van der Waals surface area (Å²) in [7, 11) is 0. The lowest BCUT2D eigenvalue weighted by Gasteiger charge is -2.22. The molecule has 0 fully saturated rings. The Kier molecular flexibility index (Phi) is 55.2. The van der Waals surface area contributed by atoms with Crippen molar-refractivity contribution >= 4 is 5.91 Å². The van der Waals surface area contributed by atoms with Crippen LogP contribution < -0.4 is 5.32 Å². The monoisotopic (exact) mass is 900 g/mol. The summed E-state index contributed by atoms with van der Waals surface area (Å²) in [4.78, 5) is 12.5. The van der Waals surface area contributed by atoms with Crippen LogP contribution in [0, 0.1) is 0 Å². The van der Waals surface area contributed by atoms with E-state index in [0.29, 0.717) is 12.8 Å². The van der Waals surface area contributed by atoms with Crippen LogP contribution in [0.1, 0.15) is 335 Å². The quantitative estimate of drug-likeness (QED) is 0.0421. The van der Waals surface area contributed by atoms with E-state index in [-0.39, 0.29) is 12.5 Å². The first-order chi connectivity index (χ1) is 31.7. The molecule has 0 aliphatic heterocycles. The van der Waals surface area contributed by atoms with Crippen LogP contribution in [0.15, 0.2) is 24.3 Å². The van der Waals surface area contributed by atoms with Gasteiger partial charge in [-0.25, -0.2) is 0 Å². The fourth-order valence-electron chi connectivity index (χ4n) is 9.45. The van der Waals surface area contributed by atoms with Crippen molar-refractivity contribution in [3.8, 4) is 0 Å². The topological polar surface area (TPSA) is 69.6 Å². The third-order valence-electron chi connectivity index (χ3n) is 14.0. The van der Waals surface area contributed by atoms with Gasteiger partial charge in [-0.3, -0.25) is 4.79 Å². The van der Waals surface area contributed by atoms with Gasteiger partial charge in [0, 0.05) is 6.42 Å². The summed E-state index contributed by atoms with van der Waals surface area (Å²) < 4.78 is 0. The van der Waals surface area contributed by atoms with Crippen LogP contribution in [0.5, 0.6) is 0 Å². The zero-order valence-corrected chi connectivity index (χ0v) is 43.8. The second-order valence-electron chi connectivity index (χ2n) is 20.4. The molecule has 0 bridgehead atoms. The van der Waals surface area contributed by atoms with Gasteiger partial charge in [-0.15, -0.1) is 0 Å². The maximum absolute atomic E-state index is 12.5. The van der Waals surface area contributed by atoms with Crippen LogP contribution >= 0.6 is 0 Å². The maximum atomic E-state index is 12.5. The first-order valence-electron chi connectivity index (χ1n) is 29.5. The molecule has 0 saturated carbocycles. The number of aliphatic hydroxyl groups is 2. The Morgan fingerprint density at radius 2 is 0.641 bits per heavy atom. The molecule has 4 nitrogen and oxygen atoms in total. The Labute approximate surface area is 402 Å². The zero-order valence-electron chi connectivity index (χ0n) is 43.8. The van der Waals surface area contributed by atoms with Crippen molar-refractivity contribution in [1.82, 2.24) is 5.32 Å². The number of amides is 1. The molecule has 0 aromatic heterocycles. The highest BCUT2D eigenvalue weighted by atomic mass is 16.3. The van der Waals surface area contributed by atoms with Gasteiger partial charge in [0.25, 0.3) is 0 Å². The molecule has 0 aliphatic rings. The second-order valence-corrected chi connectivity index (χ2v) is 20.4. The Morgan fingerprint density at radius 1 is 0.375 bits per heavy atom. The van der Waals surface area contributed by atoms with Crippen molar-refractivity contribution in [3.05, 3.63) is 24.3 Å². The minimum absolute atomic E-state index is 0.0307. The molecule has 64 heavy (non-hydrogen) atoms. The minimum Gasteiger partial charge on any atom is -0.394 e. The molecule has 0 spiro atoms. The van der Waals surface area contributed by atoms with Crippen LogP contribution in [0.25, 0.3) is 0 Å². The molecular formula is C60H117NO3. The van der Waals surface area contributed by atoms with Crippen molar-refractivity contribution in [1.29, 1.82) is 0 Å². The lowest BCUT2D eigenvalue weighted by atomic mass is 10.0. The van der Waals surface area contributed by atoms with Crippen LogP contribution in [0.4, 0.5) is 0 Å². The second kappa shape index (κ2) is 56.2. The number of nitrogens with one attached hydrogen (secondary N) is 1. The normalized spacial score (nSPS) is 12.9. The Balaban J connectivity index is 3.41. The first kappa shape index (κ1) is 62.9. The highest BCUT2D eigenvalue weighted by Gasteiger charge is 2.20. The highest BCUT2D eigenvalue weighted by Crippen LogP contribution is 2.18. The smallest absolute Gasteiger partial charge is 0.220 e. The summed E-state index contributed by atoms with van der Waals surface area (Å²) in [5, 5.41) is 23.4. The summed E-state index contributed by atoms with van der Waals surface area (Å²) >= 11 is 0. The molecule has 4 heteroatoms. The van der Waals surface area contributed by atoms with Gasteiger partial charge in [0.2, 0.25) is 5.91 Å². The van der Waals surface area contributed by atoms with E-state index in [2.05, 4.69) is 43.5 Å². The van der Waals surface area contributed by atoms with Gasteiger partial charge < -0.3 is 15.5 Å². The predicted molar refractivity (Wildman–Crippen MR) is 286 cm³/mol. The van der Waals surface area contributed by atoms with E-state index in [0.717, 1.165) is 32.1 Å². The number of carbonyl (C=O) groups is 1. The molecule has 0 saturated heterocycles. The lowest BCUT2D eigenvalue weighted by Crippen LogP contribution is -2.45. The highest BCUT2D eigenvalue weighted by molar-refractivity contribution is 5.76. The molecule has 2 unspecified atom stereocenters. The molecule has 0 aromatic rings. The van der Waals surface area contributed by atoms with E-state index in [1.165, 1.54) is 276 Å². The Bertz CT molecular complexity index is 932. The van der Waals surface area contributed by atoms with E-state index in [1.807, 2.05) is 0 Å². The molecular weight excluding hydrogens is 783 g/mol. The van der Waals surface area contributed by atoms with E-state index < -0.39 is 12.1 Å². The lowest BCUT2D eigenvalue weighted by molar-refractivity contribution is -0.123. The number of hydrogen-bond donors (Lipinski definition) is 3. The van der Waals surface area contributed by atoms with E-state index in [9.17, 15) is 15.0 Å². The van der Waals surface area contributed by atoms with Gasteiger partial charge in [0.1, 0.15) is 0 Å². The Hall–Kier alpha value is -1.13. The van der Waals surface area contributed by atoms with Crippen molar-refractivity contribution in [2.45, 2.75) is 347 Å². The third-order valence-corrected chi connectivity index (χ3v) is 14.0. The SMILES string of the molecule is CCCCCCC/C=C\C/C=C\CCCCCCCCCCCC(=O)NC(CO)C(O)CCCCCCCCCCCCCCCCCCCCCCCCCCCCCCCCC. The van der Waals surface area contributed by atoms with E-state index in [4.69, 9.17) is 0 Å². The summed E-state index contributed by atoms with van der Waals surface area (Å²) in [5.41, 5.74) is 0. The standard InChI is InChI=1S/C60H117NO3/c1-3-5-7-9-11-13-15-17-19-21-23-25-26-27-28-29-30-31-32-33-34-36-37-39-41-43-45-47-49-51-53-55-59(63)58(57-62)61-60(64)56-54-52-50-48-46-44-42-40-38-35-24-22-20-18-16-14-12-10-8-6-4-2/h16,18,22,24,58-59,62-63H,3-15,17,19-21,23,25-57H2,1-2H3,(H,61,64)/b18-16-,24-22-. The molecule has 3 N–H and O–H groups in total. The van der Waals surface area contributed by atoms with Gasteiger partial charge in [0.05, 0.1) is 18.8 Å². The van der Waals surface area contributed by atoms with Gasteiger partial charge >= 0.3 is 0 Å². The van der Waals surface area contributed by atoms with Gasteiger partial charge in [-0.1, -0.05) is 308 Å². The Morgan fingerprint density at radius 3 is 0.938 bits per heavy atom. The van der Waals surface area contributed by atoms with E-state index in [1.54, 1.807) is 0 Å². The summed E-state index contributed by atoms with van der Waals surface area (Å²) in [6.45, 7) is 4.38. The van der Waals surface area contributed by atoms with Crippen LogP contribution in [0.3, 0.4) is 0 Å². The van der Waals surface area contributed by atoms with E-state index >= 15 is 0 Å². The van der Waals surface area contributed by atoms with Crippen LogP contribution in [-0.2, 0) is 4.79 Å². The molecule has 0 heterocycles. The number of allylic oxidation sites excluding steroid dienone is 4. The van der Waals surface area contributed by atoms with Gasteiger partial charge in [-0.05, 0) is 44.9 Å². The molecule has 380 valence electrons. The van der Waals surface area contributed by atoms with Gasteiger partial charge in [-0.2, -0.15) is 0 Å². The average Bonchev–Trinajstić information content (AvgIpc) is 3.30. The maximum Gasteiger partial charge on any atom is 0.220 e. The van der Waals surface area contributed by atoms with Crippen LogP contribution in [0.2, 0.25) is 0 Å². The average molecular weight is 901 g/mol. The fourth-order valence-corrected chi connectivity index (χ4v) is 9.45. The molecule has 0 rings (SSSR count). The molecule has 0 radical (unpaired) electrons. The number of carbonyl (C=O) groups excluding carboxylic acids is 1.